The molecule has 0 atom stereocenters. The highest BCUT2D eigenvalue weighted by Crippen LogP contribution is 2.27. The van der Waals surface area contributed by atoms with E-state index >= 15 is 0 Å². The van der Waals surface area contributed by atoms with Crippen molar-refractivity contribution in [3.8, 4) is 6.26 Å². The first-order valence-electron chi connectivity index (χ1n) is 4.62. The van der Waals surface area contributed by atoms with Gasteiger partial charge in [-0.3, -0.25) is 0 Å². The Morgan fingerprint density at radius 1 is 1.29 bits per heavy atom. The third kappa shape index (κ3) is 2.05. The van der Waals surface area contributed by atoms with Gasteiger partial charge in [0.1, 0.15) is 5.60 Å². The molecule has 0 aliphatic rings. The van der Waals surface area contributed by atoms with E-state index in [1.54, 1.807) is 6.26 Å². The zero-order valence-corrected chi connectivity index (χ0v) is 9.09. The number of benzene rings is 1. The molecule has 2 heteroatoms. The molecular formula is C12H15NO. The minimum atomic E-state index is -0.535. The van der Waals surface area contributed by atoms with Crippen LogP contribution >= 0.6 is 0 Å². The lowest BCUT2D eigenvalue weighted by Gasteiger charge is -2.23. The van der Waals surface area contributed by atoms with Crippen LogP contribution in [0.4, 0.5) is 0 Å². The highest BCUT2D eigenvalue weighted by Gasteiger charge is 2.23. The van der Waals surface area contributed by atoms with Gasteiger partial charge in [0.15, 0.2) is 0 Å². The quantitative estimate of drug-likeness (QED) is 0.670. The maximum absolute atomic E-state index is 8.54. The number of nitriles is 1. The maximum atomic E-state index is 8.54. The lowest BCUT2D eigenvalue weighted by molar-refractivity contribution is 0.0696. The Morgan fingerprint density at radius 2 is 1.93 bits per heavy atom. The Morgan fingerprint density at radius 3 is 2.43 bits per heavy atom. The van der Waals surface area contributed by atoms with Crippen LogP contribution in [-0.4, -0.2) is 0 Å². The summed E-state index contributed by atoms with van der Waals surface area (Å²) in [6.45, 7) is 7.88. The molecule has 0 saturated heterocycles. The zero-order chi connectivity index (χ0) is 10.8. The molecule has 0 bridgehead atoms. The Labute approximate surface area is 85.1 Å². The van der Waals surface area contributed by atoms with E-state index in [4.69, 9.17) is 10.00 Å². The monoisotopic (exact) mass is 189 g/mol. The van der Waals surface area contributed by atoms with Crippen LogP contribution in [0.2, 0.25) is 0 Å². The summed E-state index contributed by atoms with van der Waals surface area (Å²) in [6, 6.07) is 6.14. The molecule has 0 heterocycles. The molecule has 0 aromatic heterocycles. The lowest BCUT2D eigenvalue weighted by atomic mass is 9.92. The largest absolute Gasteiger partial charge is 0.417 e. The molecule has 0 unspecified atom stereocenters. The Kier molecular flexibility index (Phi) is 2.81. The first-order chi connectivity index (χ1) is 6.47. The molecule has 0 N–H and O–H groups in total. The smallest absolute Gasteiger partial charge is 0.287 e. The molecule has 1 aromatic carbocycles. The number of hydrogen-bond donors (Lipinski definition) is 0. The third-order valence-corrected chi connectivity index (χ3v) is 2.33. The van der Waals surface area contributed by atoms with Crippen LogP contribution in [0.5, 0.6) is 0 Å². The van der Waals surface area contributed by atoms with Crippen molar-refractivity contribution >= 4 is 0 Å². The van der Waals surface area contributed by atoms with Gasteiger partial charge in [-0.25, -0.2) is 0 Å². The third-order valence-electron chi connectivity index (χ3n) is 2.33. The van der Waals surface area contributed by atoms with Gasteiger partial charge < -0.3 is 4.74 Å². The molecule has 1 aromatic rings. The molecule has 0 aliphatic heterocycles. The van der Waals surface area contributed by atoms with Gasteiger partial charge >= 0.3 is 0 Å². The first-order valence-corrected chi connectivity index (χ1v) is 4.62. The summed E-state index contributed by atoms with van der Waals surface area (Å²) in [6.07, 6.45) is 1.75. The van der Waals surface area contributed by atoms with E-state index < -0.39 is 5.60 Å². The number of nitrogens with zero attached hydrogens (tertiary/aromatic N) is 1. The number of rotatable bonds is 2. The summed E-state index contributed by atoms with van der Waals surface area (Å²) < 4.78 is 5.04. The van der Waals surface area contributed by atoms with Gasteiger partial charge in [0.05, 0.1) is 0 Å². The molecule has 0 saturated carbocycles. The van der Waals surface area contributed by atoms with Crippen LogP contribution < -0.4 is 0 Å². The summed E-state index contributed by atoms with van der Waals surface area (Å²) in [5.41, 5.74) is 2.90. The molecule has 1 rings (SSSR count). The predicted molar refractivity (Wildman–Crippen MR) is 55.6 cm³/mol. The number of hydrogen-bond acceptors (Lipinski definition) is 2. The van der Waals surface area contributed by atoms with Crippen LogP contribution in [0.15, 0.2) is 18.2 Å². The highest BCUT2D eigenvalue weighted by molar-refractivity contribution is 5.34. The summed E-state index contributed by atoms with van der Waals surface area (Å²) in [7, 11) is 0. The fourth-order valence-electron chi connectivity index (χ4n) is 1.66. The first kappa shape index (κ1) is 10.6. The minimum absolute atomic E-state index is 0.535. The van der Waals surface area contributed by atoms with Crippen LogP contribution in [0, 0.1) is 25.4 Å². The number of aryl methyl sites for hydroxylation is 2. The Balaban J connectivity index is 3.14. The van der Waals surface area contributed by atoms with Crippen molar-refractivity contribution in [1.29, 1.82) is 5.26 Å². The van der Waals surface area contributed by atoms with E-state index in [0.29, 0.717) is 0 Å². The SMILES string of the molecule is Cc1ccc(C(C)(C)OC#N)c(C)c1. The van der Waals surface area contributed by atoms with E-state index in [1.807, 2.05) is 32.9 Å². The molecule has 2 nitrogen and oxygen atoms in total. The summed E-state index contributed by atoms with van der Waals surface area (Å²) in [5.74, 6) is 0. The second kappa shape index (κ2) is 3.71. The van der Waals surface area contributed by atoms with E-state index in [0.717, 1.165) is 11.1 Å². The van der Waals surface area contributed by atoms with Crippen molar-refractivity contribution in [2.75, 3.05) is 0 Å². The predicted octanol–water partition coefficient (Wildman–Crippen LogP) is 3.04. The molecule has 0 amide bonds. The second-order valence-electron chi connectivity index (χ2n) is 4.02. The van der Waals surface area contributed by atoms with Crippen molar-refractivity contribution in [2.45, 2.75) is 33.3 Å². The summed E-state index contributed by atoms with van der Waals surface area (Å²) >= 11 is 0. The lowest BCUT2D eigenvalue weighted by Crippen LogP contribution is -2.20. The van der Waals surface area contributed by atoms with Gasteiger partial charge in [-0.2, -0.15) is 5.26 Å². The van der Waals surface area contributed by atoms with Crippen LogP contribution in [-0.2, 0) is 10.3 Å². The Hall–Kier alpha value is -1.49. The molecule has 0 spiro atoms. The molecule has 0 fully saturated rings. The maximum Gasteiger partial charge on any atom is 0.287 e. The van der Waals surface area contributed by atoms with Crippen molar-refractivity contribution in [1.82, 2.24) is 0 Å². The van der Waals surface area contributed by atoms with Crippen LogP contribution in [0.1, 0.15) is 30.5 Å². The van der Waals surface area contributed by atoms with E-state index in [1.165, 1.54) is 5.56 Å². The van der Waals surface area contributed by atoms with E-state index in [9.17, 15) is 0 Å². The highest BCUT2D eigenvalue weighted by atomic mass is 16.5. The van der Waals surface area contributed by atoms with Gasteiger partial charge in [0.2, 0.25) is 0 Å². The van der Waals surface area contributed by atoms with Gasteiger partial charge in [0.25, 0.3) is 6.26 Å². The fourth-order valence-corrected chi connectivity index (χ4v) is 1.66. The van der Waals surface area contributed by atoms with Crippen molar-refractivity contribution in [3.63, 3.8) is 0 Å². The molecular weight excluding hydrogens is 174 g/mol. The average molecular weight is 189 g/mol. The number of ether oxygens (including phenoxy) is 1. The van der Waals surface area contributed by atoms with Crippen LogP contribution in [0.25, 0.3) is 0 Å². The Bertz CT molecular complexity index is 374. The molecule has 0 aliphatic carbocycles. The summed E-state index contributed by atoms with van der Waals surface area (Å²) in [5, 5.41) is 8.54. The second-order valence-corrected chi connectivity index (χ2v) is 4.02. The van der Waals surface area contributed by atoms with Crippen molar-refractivity contribution in [2.24, 2.45) is 0 Å². The van der Waals surface area contributed by atoms with Crippen molar-refractivity contribution in [3.05, 3.63) is 34.9 Å². The molecule has 74 valence electrons. The average Bonchev–Trinajstić information content (AvgIpc) is 2.02. The molecule has 14 heavy (non-hydrogen) atoms. The standard InChI is InChI=1S/C12H15NO/c1-9-5-6-11(10(2)7-9)12(3,4)14-8-13/h5-7H,1-4H3. The van der Waals surface area contributed by atoms with E-state index in [2.05, 4.69) is 13.0 Å². The molecule has 0 radical (unpaired) electrons. The minimum Gasteiger partial charge on any atom is -0.417 e. The van der Waals surface area contributed by atoms with Crippen molar-refractivity contribution < 1.29 is 4.74 Å². The van der Waals surface area contributed by atoms with Crippen LogP contribution in [0.3, 0.4) is 0 Å². The fraction of sp³-hybridized carbons (Fsp3) is 0.417. The van der Waals surface area contributed by atoms with Gasteiger partial charge in [-0.1, -0.05) is 23.8 Å². The topological polar surface area (TPSA) is 33.0 Å². The zero-order valence-electron chi connectivity index (χ0n) is 9.09. The van der Waals surface area contributed by atoms with E-state index in [-0.39, 0.29) is 0 Å². The van der Waals surface area contributed by atoms with Gasteiger partial charge in [-0.15, -0.1) is 0 Å². The normalized spacial score (nSPS) is 10.8. The summed E-state index contributed by atoms with van der Waals surface area (Å²) in [4.78, 5) is 0. The van der Waals surface area contributed by atoms with Gasteiger partial charge in [0, 0.05) is 0 Å². The van der Waals surface area contributed by atoms with Gasteiger partial charge in [-0.05, 0) is 38.8 Å².